The fraction of sp³-hybridized carbons (Fsp3) is 0.550. The first-order valence-corrected chi connectivity index (χ1v) is 9.44. The Labute approximate surface area is 165 Å². The van der Waals surface area contributed by atoms with Crippen LogP contribution in [0.5, 0.6) is 0 Å². The van der Waals surface area contributed by atoms with Crippen LogP contribution in [0.25, 0.3) is 0 Å². The average Bonchev–Trinajstić information content (AvgIpc) is 3.10. The number of aliphatic hydroxyl groups is 1. The molecule has 0 fully saturated rings. The molecule has 0 saturated carbocycles. The van der Waals surface area contributed by atoms with Gasteiger partial charge in [0.15, 0.2) is 5.82 Å². The Morgan fingerprint density at radius 1 is 1.29 bits per heavy atom. The average molecular weight is 390 g/mol. The number of amides is 1. The van der Waals surface area contributed by atoms with E-state index in [0.717, 1.165) is 12.0 Å². The third-order valence-corrected chi connectivity index (χ3v) is 4.07. The van der Waals surface area contributed by atoms with Gasteiger partial charge in [-0.2, -0.15) is 4.98 Å². The van der Waals surface area contributed by atoms with Gasteiger partial charge in [0.25, 0.3) is 0 Å². The highest BCUT2D eigenvalue weighted by molar-refractivity contribution is 5.68. The third-order valence-electron chi connectivity index (χ3n) is 4.07. The van der Waals surface area contributed by atoms with Gasteiger partial charge in [0.2, 0.25) is 0 Å². The van der Waals surface area contributed by atoms with Crippen LogP contribution < -0.4 is 10.2 Å². The summed E-state index contributed by atoms with van der Waals surface area (Å²) in [4.78, 5) is 18.3. The maximum atomic E-state index is 12.3. The van der Waals surface area contributed by atoms with Crippen molar-refractivity contribution in [3.05, 3.63) is 41.2 Å². The monoisotopic (exact) mass is 390 g/mol. The van der Waals surface area contributed by atoms with Crippen molar-refractivity contribution in [2.24, 2.45) is 0 Å². The Morgan fingerprint density at radius 2 is 1.93 bits per heavy atom. The van der Waals surface area contributed by atoms with E-state index < -0.39 is 17.7 Å². The van der Waals surface area contributed by atoms with Crippen LogP contribution in [0.1, 0.15) is 50.7 Å². The molecule has 2 aromatic rings. The molecule has 154 valence electrons. The smallest absolute Gasteiger partial charge is 0.408 e. The van der Waals surface area contributed by atoms with Crippen molar-refractivity contribution in [1.29, 1.82) is 0 Å². The topological polar surface area (TPSA) is 101 Å². The van der Waals surface area contributed by atoms with Crippen molar-refractivity contribution in [3.8, 4) is 0 Å². The van der Waals surface area contributed by atoms with Crippen LogP contribution in [0.15, 0.2) is 28.8 Å². The predicted octanol–water partition coefficient (Wildman–Crippen LogP) is 2.87. The van der Waals surface area contributed by atoms with E-state index in [1.807, 2.05) is 12.1 Å². The van der Waals surface area contributed by atoms with E-state index in [-0.39, 0.29) is 12.6 Å². The van der Waals surface area contributed by atoms with E-state index >= 15 is 0 Å². The number of nitrogens with zero attached hydrogens (tertiary/aromatic N) is 3. The molecule has 8 nitrogen and oxygen atoms in total. The maximum Gasteiger partial charge on any atom is 0.408 e. The third kappa shape index (κ3) is 6.53. The summed E-state index contributed by atoms with van der Waals surface area (Å²) < 4.78 is 10.7. The molecule has 1 atom stereocenters. The van der Waals surface area contributed by atoms with E-state index in [1.165, 1.54) is 5.56 Å². The van der Waals surface area contributed by atoms with Crippen molar-refractivity contribution in [2.75, 3.05) is 25.1 Å². The van der Waals surface area contributed by atoms with Gasteiger partial charge in [-0.3, -0.25) is 0 Å². The molecule has 0 saturated heterocycles. The highest BCUT2D eigenvalue weighted by atomic mass is 16.6. The van der Waals surface area contributed by atoms with Crippen molar-refractivity contribution < 1.29 is 19.2 Å². The first-order chi connectivity index (χ1) is 13.2. The number of carbonyl (C=O) groups excluding carboxylic acids is 1. The van der Waals surface area contributed by atoms with E-state index in [2.05, 4.69) is 34.5 Å². The molecule has 0 aliphatic carbocycles. The summed E-state index contributed by atoms with van der Waals surface area (Å²) in [6, 6.07) is 7.96. The van der Waals surface area contributed by atoms with Gasteiger partial charge >= 0.3 is 12.1 Å². The lowest BCUT2D eigenvalue weighted by Crippen LogP contribution is -2.36. The highest BCUT2D eigenvalue weighted by Crippen LogP contribution is 2.20. The lowest BCUT2D eigenvalue weighted by atomic mass is 10.0. The number of hydrogen-bond donors (Lipinski definition) is 2. The highest BCUT2D eigenvalue weighted by Gasteiger charge is 2.25. The molecule has 0 spiro atoms. The second kappa shape index (κ2) is 9.54. The number of aliphatic hydroxyl groups excluding tert-OH is 1. The van der Waals surface area contributed by atoms with Gasteiger partial charge in [0, 0.05) is 20.0 Å². The number of ether oxygens (including phenoxy) is 1. The van der Waals surface area contributed by atoms with E-state index in [4.69, 9.17) is 14.4 Å². The van der Waals surface area contributed by atoms with Gasteiger partial charge < -0.3 is 24.6 Å². The van der Waals surface area contributed by atoms with Crippen LogP contribution in [0.2, 0.25) is 0 Å². The number of aryl methyl sites for hydroxylation is 1. The molecule has 0 aliphatic rings. The molecule has 1 heterocycles. The zero-order valence-corrected chi connectivity index (χ0v) is 17.2. The summed E-state index contributed by atoms with van der Waals surface area (Å²) >= 11 is 0. The summed E-state index contributed by atoms with van der Waals surface area (Å²) in [5.74, 6) is 0.352. The second-order valence-corrected chi connectivity index (χ2v) is 7.65. The minimum atomic E-state index is -0.610. The largest absolute Gasteiger partial charge is 0.444 e. The molecular weight excluding hydrogens is 360 g/mol. The summed E-state index contributed by atoms with van der Waals surface area (Å²) in [6.45, 7) is 7.86. The minimum absolute atomic E-state index is 0.0302. The molecule has 0 bridgehead atoms. The van der Waals surface area contributed by atoms with Gasteiger partial charge in [0.1, 0.15) is 5.60 Å². The predicted molar refractivity (Wildman–Crippen MR) is 106 cm³/mol. The van der Waals surface area contributed by atoms with Crippen LogP contribution >= 0.6 is 0 Å². The number of aromatic nitrogens is 2. The zero-order valence-electron chi connectivity index (χ0n) is 17.2. The van der Waals surface area contributed by atoms with E-state index in [9.17, 15) is 4.79 Å². The number of alkyl carbamates (subject to hydrolysis) is 1. The SMILES string of the molecule is CCc1ccc(C[C@H](NC(=O)OC(C)(C)C)c2noc(N(C)CCO)n2)cc1. The summed E-state index contributed by atoms with van der Waals surface area (Å²) in [7, 11) is 1.74. The van der Waals surface area contributed by atoms with Crippen LogP contribution in [-0.2, 0) is 17.6 Å². The minimum Gasteiger partial charge on any atom is -0.444 e. The van der Waals surface area contributed by atoms with Gasteiger partial charge in [-0.15, -0.1) is 0 Å². The first-order valence-electron chi connectivity index (χ1n) is 9.44. The number of likely N-dealkylation sites (N-methyl/N-ethyl adjacent to an activating group) is 1. The molecular formula is C20H30N4O4. The molecule has 28 heavy (non-hydrogen) atoms. The number of hydrogen-bond acceptors (Lipinski definition) is 7. The van der Waals surface area contributed by atoms with E-state index in [1.54, 1.807) is 32.7 Å². The summed E-state index contributed by atoms with van der Waals surface area (Å²) in [6.07, 6.45) is 0.912. The lowest BCUT2D eigenvalue weighted by molar-refractivity contribution is 0.0500. The van der Waals surface area contributed by atoms with Crippen LogP contribution in [0.4, 0.5) is 10.8 Å². The van der Waals surface area contributed by atoms with E-state index in [0.29, 0.717) is 18.8 Å². The zero-order chi connectivity index (χ0) is 20.7. The second-order valence-electron chi connectivity index (χ2n) is 7.65. The van der Waals surface area contributed by atoms with Gasteiger partial charge in [-0.05, 0) is 38.3 Å². The molecule has 8 heteroatoms. The number of anilines is 1. The molecule has 0 radical (unpaired) electrons. The van der Waals surface area contributed by atoms with Crippen molar-refractivity contribution >= 4 is 12.1 Å². The Balaban J connectivity index is 2.20. The number of rotatable bonds is 8. The molecule has 0 aliphatic heterocycles. The van der Waals surface area contributed by atoms with Gasteiger partial charge in [-0.1, -0.05) is 36.3 Å². The summed E-state index contributed by atoms with van der Waals surface area (Å²) in [5, 5.41) is 15.9. The molecule has 2 N–H and O–H groups in total. The number of benzene rings is 1. The fourth-order valence-corrected chi connectivity index (χ4v) is 2.57. The van der Waals surface area contributed by atoms with Crippen molar-refractivity contribution in [3.63, 3.8) is 0 Å². The fourth-order valence-electron chi connectivity index (χ4n) is 2.57. The van der Waals surface area contributed by atoms with Crippen LogP contribution in [0, 0.1) is 0 Å². The van der Waals surface area contributed by atoms with Gasteiger partial charge in [-0.25, -0.2) is 4.79 Å². The Bertz CT molecular complexity index is 752. The number of carbonyl (C=O) groups is 1. The maximum absolute atomic E-state index is 12.3. The number of nitrogens with one attached hydrogen (secondary N) is 1. The van der Waals surface area contributed by atoms with Crippen LogP contribution in [-0.4, -0.2) is 47.1 Å². The Hall–Kier alpha value is -2.61. The normalized spacial score (nSPS) is 12.5. The standard InChI is InChI=1S/C20H30N4O4/c1-6-14-7-9-15(10-8-14)13-16(21-19(26)27-20(2,3)4)17-22-18(28-23-17)24(5)11-12-25/h7-10,16,25H,6,11-13H2,1-5H3,(H,21,26)/t16-/m0/s1. The first kappa shape index (κ1) is 21.7. The molecule has 1 aromatic carbocycles. The Kier molecular flexibility index (Phi) is 7.39. The quantitative estimate of drug-likeness (QED) is 0.715. The van der Waals surface area contributed by atoms with Crippen LogP contribution in [0.3, 0.4) is 0 Å². The molecule has 0 unspecified atom stereocenters. The summed E-state index contributed by atoms with van der Waals surface area (Å²) in [5.41, 5.74) is 1.67. The molecule has 2 rings (SSSR count). The van der Waals surface area contributed by atoms with Crippen molar-refractivity contribution in [2.45, 2.75) is 52.2 Å². The van der Waals surface area contributed by atoms with Gasteiger partial charge in [0.05, 0.1) is 12.6 Å². The molecule has 1 aromatic heterocycles. The van der Waals surface area contributed by atoms with Crippen molar-refractivity contribution in [1.82, 2.24) is 15.5 Å². The lowest BCUT2D eigenvalue weighted by Gasteiger charge is -2.22. The Morgan fingerprint density at radius 3 is 2.50 bits per heavy atom. The molecule has 1 amide bonds.